The van der Waals surface area contributed by atoms with Gasteiger partial charge in [-0.15, -0.1) is 0 Å². The Labute approximate surface area is 187 Å². The number of benzene rings is 1. The molecule has 7 heteroatoms. The summed E-state index contributed by atoms with van der Waals surface area (Å²) < 4.78 is 7.27. The van der Waals surface area contributed by atoms with Gasteiger partial charge in [-0.1, -0.05) is 12.5 Å². The smallest absolute Gasteiger partial charge is 0.270 e. The number of methoxy groups -OCH3 is 1. The molecule has 1 aromatic carbocycles. The minimum Gasteiger partial charge on any atom is -0.497 e. The predicted octanol–water partition coefficient (Wildman–Crippen LogP) is 3.25. The van der Waals surface area contributed by atoms with Crippen molar-refractivity contribution in [3.8, 4) is 5.75 Å². The van der Waals surface area contributed by atoms with Gasteiger partial charge in [0.25, 0.3) is 5.91 Å². The number of aryl methyl sites for hydroxylation is 1. The van der Waals surface area contributed by atoms with Gasteiger partial charge in [0.05, 0.1) is 12.6 Å². The lowest BCUT2D eigenvalue weighted by Gasteiger charge is -2.34. The van der Waals surface area contributed by atoms with Crippen LogP contribution in [0.4, 0.5) is 0 Å². The summed E-state index contributed by atoms with van der Waals surface area (Å²) in [6, 6.07) is 13.6. The Morgan fingerprint density at radius 1 is 1.22 bits per heavy atom. The van der Waals surface area contributed by atoms with Crippen molar-refractivity contribution < 1.29 is 14.3 Å². The van der Waals surface area contributed by atoms with Crippen LogP contribution in [0.25, 0.3) is 10.9 Å². The second-order valence-electron chi connectivity index (χ2n) is 8.92. The molecule has 5 rings (SSSR count). The standard InChI is InChI=1S/C25H28N4O3/c1-28-21-10-9-18(32-2)13-17(21)14-22(28)24(31)29-15-19(20-7-4-6-12-26-20)25(16-29)11-5-3-8-23(30)27-25/h4,6-7,9-10,12-14,19H,3,5,8,11,15-16H2,1-2H3,(H,27,30)/t19-,25+/m0/s1. The van der Waals surface area contributed by atoms with Crippen molar-refractivity contribution in [1.29, 1.82) is 0 Å². The van der Waals surface area contributed by atoms with Gasteiger partial charge in [-0.2, -0.15) is 0 Å². The molecule has 32 heavy (non-hydrogen) atoms. The van der Waals surface area contributed by atoms with E-state index >= 15 is 0 Å². The molecule has 4 heterocycles. The zero-order valence-electron chi connectivity index (χ0n) is 18.5. The quantitative estimate of drug-likeness (QED) is 0.689. The largest absolute Gasteiger partial charge is 0.497 e. The van der Waals surface area contributed by atoms with Crippen molar-refractivity contribution in [2.75, 3.05) is 20.2 Å². The first-order valence-electron chi connectivity index (χ1n) is 11.2. The zero-order chi connectivity index (χ0) is 22.3. The number of pyridine rings is 1. The molecule has 2 atom stereocenters. The van der Waals surface area contributed by atoms with Crippen LogP contribution in [-0.2, 0) is 11.8 Å². The van der Waals surface area contributed by atoms with Gasteiger partial charge in [-0.05, 0) is 49.2 Å². The van der Waals surface area contributed by atoms with Crippen LogP contribution in [0.1, 0.15) is 47.8 Å². The molecular weight excluding hydrogens is 404 g/mol. The molecular formula is C25H28N4O3. The number of rotatable bonds is 3. The molecule has 2 saturated heterocycles. The average molecular weight is 433 g/mol. The number of nitrogens with zero attached hydrogens (tertiary/aromatic N) is 3. The van der Waals surface area contributed by atoms with Crippen LogP contribution in [0, 0.1) is 0 Å². The molecule has 2 aromatic heterocycles. The summed E-state index contributed by atoms with van der Waals surface area (Å²) in [4.78, 5) is 32.7. The van der Waals surface area contributed by atoms with E-state index in [0.29, 0.717) is 25.2 Å². The summed E-state index contributed by atoms with van der Waals surface area (Å²) in [5, 5.41) is 4.27. The summed E-state index contributed by atoms with van der Waals surface area (Å²) in [5.74, 6) is 0.761. The van der Waals surface area contributed by atoms with Crippen LogP contribution in [0.5, 0.6) is 5.75 Å². The van der Waals surface area contributed by atoms with Crippen LogP contribution >= 0.6 is 0 Å². The Hall–Kier alpha value is -3.35. The highest BCUT2D eigenvalue weighted by atomic mass is 16.5. The van der Waals surface area contributed by atoms with Crippen molar-refractivity contribution in [3.05, 3.63) is 60.0 Å². The van der Waals surface area contributed by atoms with E-state index in [2.05, 4.69) is 10.3 Å². The lowest BCUT2D eigenvalue weighted by atomic mass is 9.81. The summed E-state index contributed by atoms with van der Waals surface area (Å²) in [6.07, 6.45) is 4.99. The van der Waals surface area contributed by atoms with E-state index in [1.165, 1.54) is 0 Å². The number of likely N-dealkylation sites (tertiary alicyclic amines) is 1. The van der Waals surface area contributed by atoms with Crippen molar-refractivity contribution in [2.45, 2.75) is 37.1 Å². The van der Waals surface area contributed by atoms with E-state index < -0.39 is 5.54 Å². The Balaban J connectivity index is 1.51. The minimum atomic E-state index is -0.481. The highest BCUT2D eigenvalue weighted by Gasteiger charge is 2.50. The third-order valence-electron chi connectivity index (χ3n) is 7.01. The molecule has 7 nitrogen and oxygen atoms in total. The highest BCUT2D eigenvalue weighted by Crippen LogP contribution is 2.41. The van der Waals surface area contributed by atoms with Crippen LogP contribution in [0.2, 0.25) is 0 Å². The van der Waals surface area contributed by atoms with Gasteiger partial charge in [-0.25, -0.2) is 0 Å². The molecule has 3 aromatic rings. The molecule has 166 valence electrons. The van der Waals surface area contributed by atoms with Gasteiger partial charge in [-0.3, -0.25) is 14.6 Å². The number of hydrogen-bond donors (Lipinski definition) is 1. The van der Waals surface area contributed by atoms with E-state index in [1.807, 2.05) is 59.0 Å². The van der Waals surface area contributed by atoms with Crippen LogP contribution in [-0.4, -0.2) is 52.0 Å². The fourth-order valence-corrected chi connectivity index (χ4v) is 5.35. The van der Waals surface area contributed by atoms with Crippen molar-refractivity contribution in [2.24, 2.45) is 7.05 Å². The monoisotopic (exact) mass is 432 g/mol. The van der Waals surface area contributed by atoms with Crippen molar-refractivity contribution in [3.63, 3.8) is 0 Å². The van der Waals surface area contributed by atoms with Crippen LogP contribution in [0.15, 0.2) is 48.7 Å². The first-order chi connectivity index (χ1) is 15.5. The maximum absolute atomic E-state index is 13.7. The van der Waals surface area contributed by atoms with E-state index in [-0.39, 0.29) is 17.7 Å². The van der Waals surface area contributed by atoms with E-state index in [4.69, 9.17) is 4.74 Å². The number of hydrogen-bond acceptors (Lipinski definition) is 4. The van der Waals surface area contributed by atoms with E-state index in [9.17, 15) is 9.59 Å². The van der Waals surface area contributed by atoms with E-state index in [0.717, 1.165) is 41.6 Å². The summed E-state index contributed by atoms with van der Waals surface area (Å²) in [7, 11) is 3.55. The normalized spacial score (nSPS) is 23.4. The molecule has 2 amide bonds. The number of ether oxygens (including phenoxy) is 1. The lowest BCUT2D eigenvalue weighted by molar-refractivity contribution is -0.122. The lowest BCUT2D eigenvalue weighted by Crippen LogP contribution is -2.53. The number of nitrogens with one attached hydrogen (secondary N) is 1. The van der Waals surface area contributed by atoms with Crippen molar-refractivity contribution >= 4 is 22.7 Å². The molecule has 0 unspecified atom stereocenters. The SMILES string of the molecule is COc1ccc2c(c1)cc(C(=O)N1C[C@@H](c3ccccn3)[C@@]3(CCCCC(=O)N3)C1)n2C. The number of fused-ring (bicyclic) bond motifs is 1. The molecule has 0 bridgehead atoms. The summed E-state index contributed by atoms with van der Waals surface area (Å²) in [6.45, 7) is 1.02. The van der Waals surface area contributed by atoms with Crippen LogP contribution in [0.3, 0.4) is 0 Å². The van der Waals surface area contributed by atoms with Gasteiger partial charge in [0, 0.05) is 55.3 Å². The maximum Gasteiger partial charge on any atom is 0.270 e. The maximum atomic E-state index is 13.7. The fraction of sp³-hybridized carbons (Fsp3) is 0.400. The Kier molecular flexibility index (Phi) is 5.12. The molecule has 2 aliphatic rings. The first-order valence-corrected chi connectivity index (χ1v) is 11.2. The Morgan fingerprint density at radius 2 is 2.09 bits per heavy atom. The fourth-order valence-electron chi connectivity index (χ4n) is 5.35. The molecule has 0 radical (unpaired) electrons. The van der Waals surface area contributed by atoms with Gasteiger partial charge >= 0.3 is 0 Å². The topological polar surface area (TPSA) is 76.5 Å². The number of carbonyl (C=O) groups excluding carboxylic acids is 2. The van der Waals surface area contributed by atoms with Gasteiger partial charge < -0.3 is 19.5 Å². The predicted molar refractivity (Wildman–Crippen MR) is 122 cm³/mol. The Bertz CT molecular complexity index is 1170. The molecule has 0 aliphatic carbocycles. The van der Waals surface area contributed by atoms with Gasteiger partial charge in [0.1, 0.15) is 11.4 Å². The Morgan fingerprint density at radius 3 is 2.88 bits per heavy atom. The molecule has 0 saturated carbocycles. The third kappa shape index (κ3) is 3.42. The molecule has 2 fully saturated rings. The molecule has 1 N–H and O–H groups in total. The summed E-state index contributed by atoms with van der Waals surface area (Å²) >= 11 is 0. The van der Waals surface area contributed by atoms with E-state index in [1.54, 1.807) is 13.3 Å². The molecule has 1 spiro atoms. The minimum absolute atomic E-state index is 0.0287. The third-order valence-corrected chi connectivity index (χ3v) is 7.01. The van der Waals surface area contributed by atoms with Gasteiger partial charge in [0.15, 0.2) is 0 Å². The first kappa shape index (κ1) is 20.5. The van der Waals surface area contributed by atoms with Gasteiger partial charge in [0.2, 0.25) is 5.91 Å². The average Bonchev–Trinajstić information content (AvgIpc) is 3.27. The number of aromatic nitrogens is 2. The number of carbonyl (C=O) groups is 2. The number of amides is 2. The second-order valence-corrected chi connectivity index (χ2v) is 8.92. The summed E-state index contributed by atoms with van der Waals surface area (Å²) in [5.41, 5.74) is 2.05. The van der Waals surface area contributed by atoms with Crippen LogP contribution < -0.4 is 10.1 Å². The highest BCUT2D eigenvalue weighted by molar-refractivity contribution is 5.99. The van der Waals surface area contributed by atoms with Crippen molar-refractivity contribution in [1.82, 2.24) is 19.8 Å². The molecule has 2 aliphatic heterocycles. The zero-order valence-corrected chi connectivity index (χ0v) is 18.5. The second kappa shape index (κ2) is 7.97.